The number of anilines is 2. The van der Waals surface area contributed by atoms with E-state index in [-0.39, 0.29) is 30.5 Å². The van der Waals surface area contributed by atoms with Gasteiger partial charge in [-0.2, -0.15) is 0 Å². The molecular formula is C22H24N2O7. The van der Waals surface area contributed by atoms with Gasteiger partial charge in [-0.15, -0.1) is 0 Å². The van der Waals surface area contributed by atoms with Gasteiger partial charge in [0, 0.05) is 32.1 Å². The first-order valence-corrected chi connectivity index (χ1v) is 10.1. The van der Waals surface area contributed by atoms with Crippen LogP contribution in [0.2, 0.25) is 0 Å². The van der Waals surface area contributed by atoms with Gasteiger partial charge in [0.15, 0.2) is 28.7 Å². The second-order valence-electron chi connectivity index (χ2n) is 9.03. The summed E-state index contributed by atoms with van der Waals surface area (Å²) in [5, 5.41) is 21.7. The Bertz CT molecular complexity index is 1080. The molecule has 3 aliphatic carbocycles. The Hall–Kier alpha value is -3.07. The lowest BCUT2D eigenvalue weighted by molar-refractivity contribution is -0.175. The zero-order valence-electron chi connectivity index (χ0n) is 17.5. The molecule has 0 spiro atoms. The number of phenolic OH excluding ortho intramolecular Hbond substituents is 1. The van der Waals surface area contributed by atoms with Crippen molar-refractivity contribution in [1.29, 1.82) is 0 Å². The van der Waals surface area contributed by atoms with E-state index >= 15 is 0 Å². The van der Waals surface area contributed by atoms with Crippen molar-refractivity contribution in [2.45, 2.75) is 31.8 Å². The van der Waals surface area contributed by atoms with Gasteiger partial charge < -0.3 is 20.8 Å². The monoisotopic (exact) mass is 428 g/mol. The summed E-state index contributed by atoms with van der Waals surface area (Å²) in [6.45, 7) is 1.06. The summed E-state index contributed by atoms with van der Waals surface area (Å²) in [6.07, 6.45) is 0.0537. The van der Waals surface area contributed by atoms with Crippen LogP contribution < -0.4 is 10.6 Å². The molecule has 1 aromatic rings. The largest absolute Gasteiger partial charge is 0.505 e. The third-order valence-electron chi connectivity index (χ3n) is 7.01. The number of Topliss-reactive ketones (excluding diaryl/α,β-unsaturated/α-hetero) is 5. The molecule has 2 unspecified atom stereocenters. The van der Waals surface area contributed by atoms with Gasteiger partial charge in [-0.05, 0) is 37.3 Å². The van der Waals surface area contributed by atoms with E-state index in [9.17, 15) is 34.2 Å². The summed E-state index contributed by atoms with van der Waals surface area (Å²) in [6, 6.07) is 1.55. The highest BCUT2D eigenvalue weighted by atomic mass is 16.3. The molecule has 31 heavy (non-hydrogen) atoms. The minimum absolute atomic E-state index is 0.0231. The number of nitrogens with two attached hydrogens (primary N) is 1. The van der Waals surface area contributed by atoms with E-state index in [4.69, 9.17) is 5.73 Å². The predicted octanol–water partition coefficient (Wildman–Crippen LogP) is 0.0788. The third kappa shape index (κ3) is 2.69. The summed E-state index contributed by atoms with van der Waals surface area (Å²) in [4.78, 5) is 65.7. The SMILES string of the molecule is CC(=O)C1C(=O)C[C@@H]2C[C@@H]3Cc4c(N(C)C)cc(N)c(O)c4C(=O)C3C(=O)[C@]2(O)C1=O. The van der Waals surface area contributed by atoms with Crippen molar-refractivity contribution in [3.05, 3.63) is 17.2 Å². The number of phenols is 1. The van der Waals surface area contributed by atoms with Gasteiger partial charge in [-0.3, -0.25) is 24.0 Å². The first-order valence-electron chi connectivity index (χ1n) is 10.1. The number of hydrogen-bond donors (Lipinski definition) is 3. The standard InChI is InChI=1S/C22H24N2O7/c1-8(25)15-14(26)6-10-4-9-5-11-13(24(2)3)7-12(23)18(27)17(11)19(28)16(9)21(30)22(10,31)20(15)29/h7,9-10,15-16,27,31H,4-6,23H2,1-3H3/t9-,10+,15?,16?,22-/m1/s1. The maximum atomic E-state index is 13.4. The van der Waals surface area contributed by atoms with E-state index in [2.05, 4.69) is 0 Å². The highest BCUT2D eigenvalue weighted by molar-refractivity contribution is 6.31. The van der Waals surface area contributed by atoms with Crippen molar-refractivity contribution in [1.82, 2.24) is 0 Å². The molecule has 164 valence electrons. The number of nitrogens with zero attached hydrogens (tertiary/aromatic N) is 1. The maximum Gasteiger partial charge on any atom is 0.190 e. The average molecular weight is 428 g/mol. The van der Waals surface area contributed by atoms with Crippen molar-refractivity contribution in [2.24, 2.45) is 23.7 Å². The number of carbonyl (C=O) groups excluding carboxylic acids is 5. The van der Waals surface area contributed by atoms with Crippen LogP contribution >= 0.6 is 0 Å². The Kier molecular flexibility index (Phi) is 4.59. The number of aromatic hydroxyl groups is 1. The van der Waals surface area contributed by atoms with Gasteiger partial charge in [-0.1, -0.05) is 0 Å². The first kappa shape index (κ1) is 21.2. The van der Waals surface area contributed by atoms with Crippen LogP contribution in [-0.2, 0) is 25.6 Å². The average Bonchev–Trinajstić information content (AvgIpc) is 2.66. The summed E-state index contributed by atoms with van der Waals surface area (Å²) < 4.78 is 0. The topological polar surface area (TPSA) is 155 Å². The van der Waals surface area contributed by atoms with E-state index in [0.29, 0.717) is 11.3 Å². The Morgan fingerprint density at radius 1 is 1.16 bits per heavy atom. The van der Waals surface area contributed by atoms with E-state index in [1.807, 2.05) is 0 Å². The molecule has 4 N–H and O–H groups in total. The van der Waals surface area contributed by atoms with Crippen molar-refractivity contribution in [2.75, 3.05) is 24.7 Å². The van der Waals surface area contributed by atoms with Crippen molar-refractivity contribution < 1.29 is 34.2 Å². The van der Waals surface area contributed by atoms with Gasteiger partial charge in [-0.25, -0.2) is 0 Å². The van der Waals surface area contributed by atoms with Gasteiger partial charge in [0.25, 0.3) is 0 Å². The molecule has 0 radical (unpaired) electrons. The molecular weight excluding hydrogens is 404 g/mol. The fourth-order valence-corrected chi connectivity index (χ4v) is 5.56. The van der Waals surface area contributed by atoms with E-state index in [1.165, 1.54) is 0 Å². The van der Waals surface area contributed by atoms with E-state index in [1.54, 1.807) is 25.1 Å². The molecule has 9 heteroatoms. The normalized spacial score (nSPS) is 32.3. The van der Waals surface area contributed by atoms with Crippen LogP contribution in [0.25, 0.3) is 0 Å². The number of benzene rings is 1. The number of hydrogen-bond acceptors (Lipinski definition) is 9. The fraction of sp³-hybridized carbons (Fsp3) is 0.500. The Morgan fingerprint density at radius 3 is 2.39 bits per heavy atom. The van der Waals surface area contributed by atoms with E-state index < -0.39 is 63.9 Å². The Morgan fingerprint density at radius 2 is 1.81 bits per heavy atom. The highest BCUT2D eigenvalue weighted by Gasteiger charge is 2.65. The van der Waals surface area contributed by atoms with Crippen LogP contribution in [0.3, 0.4) is 0 Å². The molecule has 3 aliphatic rings. The number of nitrogen functional groups attached to an aromatic ring is 1. The Labute approximate surface area is 178 Å². The molecule has 0 saturated heterocycles. The fourth-order valence-electron chi connectivity index (χ4n) is 5.56. The molecule has 0 aliphatic heterocycles. The van der Waals surface area contributed by atoms with E-state index in [0.717, 1.165) is 6.92 Å². The van der Waals surface area contributed by atoms with Crippen LogP contribution in [-0.4, -0.2) is 58.8 Å². The molecule has 1 aromatic carbocycles. The van der Waals surface area contributed by atoms with Crippen LogP contribution in [0.1, 0.15) is 35.7 Å². The lowest BCUT2D eigenvalue weighted by atomic mass is 9.53. The first-order chi connectivity index (χ1) is 14.4. The van der Waals surface area contributed by atoms with Crippen LogP contribution in [0.5, 0.6) is 5.75 Å². The Balaban J connectivity index is 1.85. The number of carbonyl (C=O) groups is 5. The second kappa shape index (κ2) is 6.71. The quantitative estimate of drug-likeness (QED) is 0.337. The van der Waals surface area contributed by atoms with Crippen LogP contribution in [0.15, 0.2) is 6.07 Å². The number of aliphatic hydroxyl groups is 1. The van der Waals surface area contributed by atoms with Crippen LogP contribution in [0.4, 0.5) is 11.4 Å². The minimum Gasteiger partial charge on any atom is -0.505 e. The molecule has 0 heterocycles. The van der Waals surface area contributed by atoms with Gasteiger partial charge in [0.1, 0.15) is 17.5 Å². The molecule has 2 fully saturated rings. The second-order valence-corrected chi connectivity index (χ2v) is 9.03. The van der Waals surface area contributed by atoms with Crippen molar-refractivity contribution in [3.63, 3.8) is 0 Å². The van der Waals surface area contributed by atoms with Gasteiger partial charge in [0.05, 0.1) is 17.2 Å². The zero-order chi connectivity index (χ0) is 23.0. The van der Waals surface area contributed by atoms with Gasteiger partial charge in [0.2, 0.25) is 0 Å². The maximum absolute atomic E-state index is 13.4. The van der Waals surface area contributed by atoms with Crippen molar-refractivity contribution in [3.8, 4) is 5.75 Å². The number of fused-ring (bicyclic) bond motifs is 3. The third-order valence-corrected chi connectivity index (χ3v) is 7.01. The smallest absolute Gasteiger partial charge is 0.190 e. The molecule has 9 nitrogen and oxygen atoms in total. The van der Waals surface area contributed by atoms with Crippen molar-refractivity contribution >= 4 is 40.3 Å². The minimum atomic E-state index is -2.57. The summed E-state index contributed by atoms with van der Waals surface area (Å²) in [5.41, 5.74) is 4.36. The molecule has 5 atom stereocenters. The molecule has 2 saturated carbocycles. The highest BCUT2D eigenvalue weighted by Crippen LogP contribution is 2.51. The summed E-state index contributed by atoms with van der Waals surface area (Å²) in [7, 11) is 3.52. The number of rotatable bonds is 2. The van der Waals surface area contributed by atoms with Gasteiger partial charge >= 0.3 is 0 Å². The predicted molar refractivity (Wildman–Crippen MR) is 109 cm³/mol. The summed E-state index contributed by atoms with van der Waals surface area (Å²) in [5.74, 6) is -9.23. The summed E-state index contributed by atoms with van der Waals surface area (Å²) >= 11 is 0. The molecule has 0 bridgehead atoms. The molecule has 4 rings (SSSR count). The zero-order valence-corrected chi connectivity index (χ0v) is 17.5. The molecule has 0 aromatic heterocycles. The number of ketones is 5. The van der Waals surface area contributed by atoms with Crippen LogP contribution in [0, 0.1) is 23.7 Å². The lowest BCUT2D eigenvalue weighted by Gasteiger charge is -2.49. The molecule has 0 amide bonds. The lowest BCUT2D eigenvalue weighted by Crippen LogP contribution is -2.67.